The molecule has 1 unspecified atom stereocenters. The summed E-state index contributed by atoms with van der Waals surface area (Å²) in [5.41, 5.74) is 0.731. The highest BCUT2D eigenvalue weighted by Gasteiger charge is 2.18. The fourth-order valence-corrected chi connectivity index (χ4v) is 1.16. The van der Waals surface area contributed by atoms with Crippen molar-refractivity contribution in [1.82, 2.24) is 4.98 Å². The van der Waals surface area contributed by atoms with Gasteiger partial charge in [0.1, 0.15) is 0 Å². The van der Waals surface area contributed by atoms with E-state index in [0.717, 1.165) is 5.56 Å². The molecule has 0 amide bonds. The van der Waals surface area contributed by atoms with Crippen molar-refractivity contribution in [1.29, 1.82) is 0 Å². The topological polar surface area (TPSA) is 68.7 Å². The Kier molecular flexibility index (Phi) is 3.90. The zero-order valence-corrected chi connectivity index (χ0v) is 8.32. The number of pyridine rings is 1. The minimum absolute atomic E-state index is 0.0170. The van der Waals surface area contributed by atoms with Gasteiger partial charge in [0.25, 0.3) is 0 Å². The van der Waals surface area contributed by atoms with E-state index >= 15 is 0 Å². The van der Waals surface area contributed by atoms with E-state index in [1.165, 1.54) is 0 Å². The fourth-order valence-electron chi connectivity index (χ4n) is 0.659. The molecule has 0 aliphatic carbocycles. The van der Waals surface area contributed by atoms with Gasteiger partial charge in [0.2, 0.25) is 0 Å². The highest BCUT2D eigenvalue weighted by atomic mass is 32.1. The summed E-state index contributed by atoms with van der Waals surface area (Å²) in [6.45, 7) is -0.0170. The Morgan fingerprint density at radius 1 is 1.54 bits per heavy atom. The molecule has 1 aromatic heterocycles. The SMILES string of the molecule is O=P(O)(OS)OCc1ccncc1. The largest absolute Gasteiger partial charge is 0.483 e. The quantitative estimate of drug-likeness (QED) is 0.458. The summed E-state index contributed by atoms with van der Waals surface area (Å²) < 4.78 is 19.3. The molecule has 5 nitrogen and oxygen atoms in total. The lowest BCUT2D eigenvalue weighted by Gasteiger charge is -2.07. The van der Waals surface area contributed by atoms with Crippen LogP contribution >= 0.6 is 20.7 Å². The zero-order valence-electron chi connectivity index (χ0n) is 6.53. The van der Waals surface area contributed by atoms with Gasteiger partial charge in [-0.05, 0) is 30.6 Å². The van der Waals surface area contributed by atoms with Gasteiger partial charge in [0.15, 0.2) is 0 Å². The summed E-state index contributed by atoms with van der Waals surface area (Å²) >= 11 is 3.20. The summed E-state index contributed by atoms with van der Waals surface area (Å²) in [5, 5.41) is 0. The Bertz CT molecular complexity index is 307. The predicted octanol–water partition coefficient (Wildman–Crippen LogP) is 1.56. The molecule has 1 aromatic rings. The highest BCUT2D eigenvalue weighted by Crippen LogP contribution is 2.45. The van der Waals surface area contributed by atoms with Crippen LogP contribution in [0.2, 0.25) is 0 Å². The third-order valence-electron chi connectivity index (χ3n) is 1.25. The molecular weight excluding hydrogens is 213 g/mol. The van der Waals surface area contributed by atoms with E-state index in [9.17, 15) is 4.57 Å². The van der Waals surface area contributed by atoms with E-state index in [2.05, 4.69) is 26.4 Å². The predicted molar refractivity (Wildman–Crippen MR) is 48.9 cm³/mol. The first-order valence-corrected chi connectivity index (χ1v) is 5.19. The van der Waals surface area contributed by atoms with Gasteiger partial charge in [-0.2, -0.15) is 0 Å². The molecule has 0 aliphatic heterocycles. The maximum atomic E-state index is 10.8. The molecule has 0 radical (unpaired) electrons. The van der Waals surface area contributed by atoms with E-state index in [4.69, 9.17) is 4.89 Å². The molecule has 0 saturated heterocycles. The number of thiol groups is 1. The molecule has 0 fully saturated rings. The van der Waals surface area contributed by atoms with E-state index in [1.54, 1.807) is 24.5 Å². The van der Waals surface area contributed by atoms with Crippen molar-refractivity contribution in [3.63, 3.8) is 0 Å². The lowest BCUT2D eigenvalue weighted by molar-refractivity contribution is 0.204. The summed E-state index contributed by atoms with van der Waals surface area (Å²) in [5.74, 6) is 0. The van der Waals surface area contributed by atoms with E-state index in [1.807, 2.05) is 0 Å². The maximum Gasteiger partial charge on any atom is 0.483 e. The number of hydrogen-bond donors (Lipinski definition) is 2. The van der Waals surface area contributed by atoms with Crippen LogP contribution in [0, 0.1) is 0 Å². The van der Waals surface area contributed by atoms with Crippen molar-refractivity contribution < 1.29 is 18.0 Å². The van der Waals surface area contributed by atoms with Crippen molar-refractivity contribution >= 4 is 20.7 Å². The second-order valence-electron chi connectivity index (χ2n) is 2.18. The van der Waals surface area contributed by atoms with Gasteiger partial charge in [0, 0.05) is 12.4 Å². The van der Waals surface area contributed by atoms with Crippen LogP contribution in [0.25, 0.3) is 0 Å². The van der Waals surface area contributed by atoms with Gasteiger partial charge in [-0.3, -0.25) is 9.51 Å². The van der Waals surface area contributed by atoms with Gasteiger partial charge < -0.3 is 4.89 Å². The van der Waals surface area contributed by atoms with Crippen molar-refractivity contribution in [3.05, 3.63) is 30.1 Å². The first-order chi connectivity index (χ1) is 6.14. The van der Waals surface area contributed by atoms with Crippen LogP contribution in [0.3, 0.4) is 0 Å². The minimum Gasteiger partial charge on any atom is -0.302 e. The van der Waals surface area contributed by atoms with Crippen LogP contribution in [-0.2, 0) is 19.7 Å². The van der Waals surface area contributed by atoms with E-state index < -0.39 is 7.82 Å². The second-order valence-corrected chi connectivity index (χ2v) is 4.03. The van der Waals surface area contributed by atoms with Gasteiger partial charge in [-0.25, -0.2) is 8.54 Å². The molecule has 1 rings (SSSR count). The number of aromatic nitrogens is 1. The molecule has 0 bridgehead atoms. The molecule has 1 heterocycles. The Labute approximate surface area is 81.0 Å². The molecule has 1 atom stereocenters. The van der Waals surface area contributed by atoms with Gasteiger partial charge in [-0.15, -0.1) is 0 Å². The molecule has 0 saturated carbocycles. The van der Waals surface area contributed by atoms with Crippen LogP contribution in [0.5, 0.6) is 0 Å². The number of nitrogens with zero attached hydrogens (tertiary/aromatic N) is 1. The molecule has 0 aliphatic rings. The van der Waals surface area contributed by atoms with E-state index in [0.29, 0.717) is 0 Å². The maximum absolute atomic E-state index is 10.8. The first-order valence-electron chi connectivity index (χ1n) is 3.33. The van der Waals surface area contributed by atoms with Gasteiger partial charge in [0.05, 0.1) is 6.61 Å². The Balaban J connectivity index is 2.49. The first kappa shape index (κ1) is 10.7. The zero-order chi connectivity index (χ0) is 9.73. The number of hydrogen-bond acceptors (Lipinski definition) is 5. The summed E-state index contributed by atoms with van der Waals surface area (Å²) in [6, 6.07) is 3.33. The molecule has 0 spiro atoms. The average molecular weight is 221 g/mol. The highest BCUT2D eigenvalue weighted by molar-refractivity contribution is 7.80. The number of rotatable bonds is 4. The lowest BCUT2D eigenvalue weighted by atomic mass is 10.3. The van der Waals surface area contributed by atoms with Crippen molar-refractivity contribution in [2.75, 3.05) is 0 Å². The van der Waals surface area contributed by atoms with Gasteiger partial charge >= 0.3 is 7.82 Å². The third kappa shape index (κ3) is 3.89. The van der Waals surface area contributed by atoms with Crippen LogP contribution in [0.4, 0.5) is 0 Å². The number of phosphoric acid groups is 1. The third-order valence-corrected chi connectivity index (χ3v) is 2.53. The standard InChI is InChI=1S/C6H8NO4PS/c8-12(9,11-13)10-5-6-1-3-7-4-2-6/h1-4,13H,5H2,(H,8,9). The summed E-state index contributed by atoms with van der Waals surface area (Å²) in [6.07, 6.45) is 3.12. The Hall–Kier alpha value is -0.390. The van der Waals surface area contributed by atoms with Crippen LogP contribution in [0.15, 0.2) is 24.5 Å². The van der Waals surface area contributed by atoms with Crippen molar-refractivity contribution in [2.24, 2.45) is 0 Å². The second kappa shape index (κ2) is 4.74. The fraction of sp³-hybridized carbons (Fsp3) is 0.167. The smallest absolute Gasteiger partial charge is 0.302 e. The molecule has 72 valence electrons. The molecule has 13 heavy (non-hydrogen) atoms. The van der Waals surface area contributed by atoms with Crippen LogP contribution in [0.1, 0.15) is 5.56 Å². The average Bonchev–Trinajstić information content (AvgIpc) is 2.17. The van der Waals surface area contributed by atoms with Crippen LogP contribution in [-0.4, -0.2) is 9.88 Å². The molecule has 1 N–H and O–H groups in total. The molecular formula is C6H8NO4PS. The molecule has 0 aromatic carbocycles. The van der Waals surface area contributed by atoms with Crippen molar-refractivity contribution in [2.45, 2.75) is 6.61 Å². The normalized spacial score (nSPS) is 15.2. The van der Waals surface area contributed by atoms with Crippen LogP contribution < -0.4 is 0 Å². The summed E-state index contributed by atoms with van der Waals surface area (Å²) in [7, 11) is -4.00. The number of phosphoric ester groups is 1. The monoisotopic (exact) mass is 221 g/mol. The lowest BCUT2D eigenvalue weighted by Crippen LogP contribution is -1.91. The minimum atomic E-state index is -4.00. The Morgan fingerprint density at radius 2 is 2.15 bits per heavy atom. The van der Waals surface area contributed by atoms with E-state index in [-0.39, 0.29) is 6.61 Å². The van der Waals surface area contributed by atoms with Gasteiger partial charge in [-0.1, -0.05) is 0 Å². The Morgan fingerprint density at radius 3 is 2.69 bits per heavy atom. The summed E-state index contributed by atoms with van der Waals surface area (Å²) in [4.78, 5) is 12.6. The molecule has 7 heteroatoms. The van der Waals surface area contributed by atoms with Crippen molar-refractivity contribution in [3.8, 4) is 0 Å².